The second-order valence-electron chi connectivity index (χ2n) is 5.05. The highest BCUT2D eigenvalue weighted by Gasteiger charge is 2.12. The van der Waals surface area contributed by atoms with Gasteiger partial charge in [0, 0.05) is 30.9 Å². The van der Waals surface area contributed by atoms with E-state index in [2.05, 4.69) is 5.32 Å². The fraction of sp³-hybridized carbons (Fsp3) is 0.118. The lowest BCUT2D eigenvalue weighted by molar-refractivity contribution is 0.0998. The van der Waals surface area contributed by atoms with Gasteiger partial charge < -0.3 is 14.6 Å². The minimum absolute atomic E-state index is 0.248. The smallest absolute Gasteiger partial charge is 0.291 e. The molecule has 0 saturated carbocycles. The van der Waals surface area contributed by atoms with Crippen LogP contribution in [0.4, 0.5) is 11.4 Å². The summed E-state index contributed by atoms with van der Waals surface area (Å²) in [7, 11) is 3.92. The molecule has 0 aliphatic carbocycles. The minimum Gasteiger partial charge on any atom is -0.451 e. The van der Waals surface area contributed by atoms with Crippen LogP contribution in [0.1, 0.15) is 10.6 Å². The minimum atomic E-state index is -0.248. The number of hydrogen-bond acceptors (Lipinski definition) is 3. The van der Waals surface area contributed by atoms with Gasteiger partial charge in [-0.15, -0.1) is 0 Å². The van der Waals surface area contributed by atoms with E-state index in [4.69, 9.17) is 4.42 Å². The van der Waals surface area contributed by atoms with Gasteiger partial charge in [0.1, 0.15) is 5.58 Å². The molecule has 2 aromatic carbocycles. The number of para-hydroxylation sites is 1. The molecule has 4 heteroatoms. The number of fused-ring (bicyclic) bond motifs is 1. The maximum atomic E-state index is 12.2. The van der Waals surface area contributed by atoms with Crippen molar-refractivity contribution >= 4 is 28.3 Å². The van der Waals surface area contributed by atoms with Crippen LogP contribution in [0.2, 0.25) is 0 Å². The second-order valence-corrected chi connectivity index (χ2v) is 5.05. The zero-order chi connectivity index (χ0) is 14.8. The first-order valence-electron chi connectivity index (χ1n) is 6.71. The van der Waals surface area contributed by atoms with Crippen molar-refractivity contribution in [3.05, 3.63) is 60.4 Å². The van der Waals surface area contributed by atoms with Gasteiger partial charge in [-0.2, -0.15) is 0 Å². The topological polar surface area (TPSA) is 45.5 Å². The fourth-order valence-corrected chi connectivity index (χ4v) is 2.15. The standard InChI is InChI=1S/C17H16N2O2/c1-19(2)14-8-5-7-13(11-14)18-17(20)16-10-12-6-3-4-9-15(12)21-16/h3-11H,1-2H3,(H,18,20). The highest BCUT2D eigenvalue weighted by atomic mass is 16.3. The van der Waals surface area contributed by atoms with E-state index in [1.807, 2.05) is 67.5 Å². The number of hydrogen-bond donors (Lipinski definition) is 1. The molecular formula is C17H16N2O2. The van der Waals surface area contributed by atoms with Crippen LogP contribution in [0, 0.1) is 0 Å². The summed E-state index contributed by atoms with van der Waals surface area (Å²) < 4.78 is 5.56. The quantitative estimate of drug-likeness (QED) is 0.794. The van der Waals surface area contributed by atoms with Gasteiger partial charge in [0.15, 0.2) is 5.76 Å². The number of furan rings is 1. The molecule has 1 heterocycles. The number of nitrogens with one attached hydrogen (secondary N) is 1. The molecule has 1 aromatic heterocycles. The molecule has 0 fully saturated rings. The monoisotopic (exact) mass is 280 g/mol. The van der Waals surface area contributed by atoms with Crippen molar-refractivity contribution in [3.8, 4) is 0 Å². The van der Waals surface area contributed by atoms with E-state index in [-0.39, 0.29) is 5.91 Å². The molecule has 0 aliphatic rings. The lowest BCUT2D eigenvalue weighted by atomic mass is 10.2. The number of carbonyl (C=O) groups is 1. The summed E-state index contributed by atoms with van der Waals surface area (Å²) in [4.78, 5) is 14.2. The number of amides is 1. The lowest BCUT2D eigenvalue weighted by Gasteiger charge is -2.13. The molecule has 1 N–H and O–H groups in total. The van der Waals surface area contributed by atoms with Crippen molar-refractivity contribution < 1.29 is 9.21 Å². The maximum absolute atomic E-state index is 12.2. The average Bonchev–Trinajstić information content (AvgIpc) is 2.91. The zero-order valence-electron chi connectivity index (χ0n) is 12.0. The van der Waals surface area contributed by atoms with Crippen molar-refractivity contribution in [2.45, 2.75) is 0 Å². The average molecular weight is 280 g/mol. The molecule has 21 heavy (non-hydrogen) atoms. The summed E-state index contributed by atoms with van der Waals surface area (Å²) in [6, 6.07) is 17.0. The Morgan fingerprint density at radius 1 is 1.05 bits per heavy atom. The molecule has 0 bridgehead atoms. The van der Waals surface area contributed by atoms with Gasteiger partial charge in [0.2, 0.25) is 0 Å². The SMILES string of the molecule is CN(C)c1cccc(NC(=O)c2cc3ccccc3o2)c1. The van der Waals surface area contributed by atoms with Gasteiger partial charge in [-0.1, -0.05) is 24.3 Å². The predicted molar refractivity (Wildman–Crippen MR) is 84.9 cm³/mol. The first kappa shape index (κ1) is 13.2. The summed E-state index contributed by atoms with van der Waals surface area (Å²) in [6.45, 7) is 0. The molecule has 1 amide bonds. The van der Waals surface area contributed by atoms with E-state index < -0.39 is 0 Å². The van der Waals surface area contributed by atoms with Crippen molar-refractivity contribution in [2.75, 3.05) is 24.3 Å². The first-order valence-corrected chi connectivity index (χ1v) is 6.71. The highest BCUT2D eigenvalue weighted by Crippen LogP contribution is 2.21. The Morgan fingerprint density at radius 2 is 1.86 bits per heavy atom. The third kappa shape index (κ3) is 2.74. The predicted octanol–water partition coefficient (Wildman–Crippen LogP) is 3.75. The molecule has 0 spiro atoms. The second kappa shape index (κ2) is 5.32. The van der Waals surface area contributed by atoms with Crippen LogP contribution in [-0.4, -0.2) is 20.0 Å². The molecule has 106 valence electrons. The normalized spacial score (nSPS) is 10.6. The Bertz CT molecular complexity index is 757. The number of anilines is 2. The van der Waals surface area contributed by atoms with Gasteiger partial charge in [0.25, 0.3) is 5.91 Å². The van der Waals surface area contributed by atoms with Crippen LogP contribution >= 0.6 is 0 Å². The van der Waals surface area contributed by atoms with E-state index in [0.29, 0.717) is 11.3 Å². The Morgan fingerprint density at radius 3 is 2.62 bits per heavy atom. The first-order chi connectivity index (χ1) is 10.1. The molecule has 3 aromatic rings. The van der Waals surface area contributed by atoms with Crippen LogP contribution in [0.3, 0.4) is 0 Å². The van der Waals surface area contributed by atoms with E-state index in [1.54, 1.807) is 6.07 Å². The molecule has 3 rings (SSSR count). The summed E-state index contributed by atoms with van der Waals surface area (Å²) in [6.07, 6.45) is 0. The highest BCUT2D eigenvalue weighted by molar-refractivity contribution is 6.04. The third-order valence-electron chi connectivity index (χ3n) is 3.27. The molecule has 0 unspecified atom stereocenters. The Hall–Kier alpha value is -2.75. The van der Waals surface area contributed by atoms with Crippen molar-refractivity contribution in [2.24, 2.45) is 0 Å². The third-order valence-corrected chi connectivity index (χ3v) is 3.27. The van der Waals surface area contributed by atoms with E-state index >= 15 is 0 Å². The molecule has 0 saturated heterocycles. The lowest BCUT2D eigenvalue weighted by Crippen LogP contribution is -2.12. The summed E-state index contributed by atoms with van der Waals surface area (Å²) in [5.41, 5.74) is 2.48. The van der Waals surface area contributed by atoms with Gasteiger partial charge in [0.05, 0.1) is 0 Å². The zero-order valence-corrected chi connectivity index (χ0v) is 12.0. The molecular weight excluding hydrogens is 264 g/mol. The summed E-state index contributed by atoms with van der Waals surface area (Å²) in [5, 5.41) is 3.78. The van der Waals surface area contributed by atoms with Crippen LogP contribution in [-0.2, 0) is 0 Å². The van der Waals surface area contributed by atoms with E-state index in [0.717, 1.165) is 16.8 Å². The number of rotatable bonds is 3. The number of carbonyl (C=O) groups excluding carboxylic acids is 1. The molecule has 0 aliphatic heterocycles. The van der Waals surface area contributed by atoms with Crippen molar-refractivity contribution in [1.29, 1.82) is 0 Å². The molecule has 0 radical (unpaired) electrons. The summed E-state index contributed by atoms with van der Waals surface area (Å²) in [5.74, 6) is 0.0635. The Kier molecular flexibility index (Phi) is 3.36. The van der Waals surface area contributed by atoms with Crippen LogP contribution in [0.25, 0.3) is 11.0 Å². The van der Waals surface area contributed by atoms with Crippen LogP contribution in [0.5, 0.6) is 0 Å². The van der Waals surface area contributed by atoms with E-state index in [9.17, 15) is 4.79 Å². The number of benzene rings is 2. The number of nitrogens with zero attached hydrogens (tertiary/aromatic N) is 1. The van der Waals surface area contributed by atoms with E-state index in [1.165, 1.54) is 0 Å². The van der Waals surface area contributed by atoms with Gasteiger partial charge in [-0.25, -0.2) is 0 Å². The largest absolute Gasteiger partial charge is 0.451 e. The maximum Gasteiger partial charge on any atom is 0.291 e. The fourth-order valence-electron chi connectivity index (χ4n) is 2.15. The Balaban J connectivity index is 1.84. The Labute approximate surface area is 123 Å². The van der Waals surface area contributed by atoms with Crippen LogP contribution in [0.15, 0.2) is 59.0 Å². The van der Waals surface area contributed by atoms with Gasteiger partial charge in [-0.05, 0) is 30.3 Å². The molecule has 4 nitrogen and oxygen atoms in total. The van der Waals surface area contributed by atoms with Gasteiger partial charge in [-0.3, -0.25) is 4.79 Å². The van der Waals surface area contributed by atoms with Gasteiger partial charge >= 0.3 is 0 Å². The molecule has 0 atom stereocenters. The van der Waals surface area contributed by atoms with Crippen molar-refractivity contribution in [1.82, 2.24) is 0 Å². The van der Waals surface area contributed by atoms with Crippen molar-refractivity contribution in [3.63, 3.8) is 0 Å². The summed E-state index contributed by atoms with van der Waals surface area (Å²) >= 11 is 0. The van der Waals surface area contributed by atoms with Crippen LogP contribution < -0.4 is 10.2 Å².